The van der Waals surface area contributed by atoms with E-state index in [2.05, 4.69) is 10.5 Å². The molecule has 1 aromatic heterocycles. The van der Waals surface area contributed by atoms with Crippen LogP contribution in [0.15, 0.2) is 76.2 Å². The summed E-state index contributed by atoms with van der Waals surface area (Å²) in [5.74, 6) is 0.961. The van der Waals surface area contributed by atoms with E-state index in [9.17, 15) is 9.18 Å². The summed E-state index contributed by atoms with van der Waals surface area (Å²) in [5.41, 5.74) is 3.11. The fourth-order valence-corrected chi connectivity index (χ4v) is 2.06. The summed E-state index contributed by atoms with van der Waals surface area (Å²) < 4.78 is 23.8. The molecule has 0 radical (unpaired) electrons. The number of hydrogen-bond acceptors (Lipinski definition) is 4. The van der Waals surface area contributed by atoms with Gasteiger partial charge in [0.15, 0.2) is 6.61 Å². The van der Waals surface area contributed by atoms with Gasteiger partial charge < -0.3 is 9.15 Å². The number of rotatable bonds is 6. The first kappa shape index (κ1) is 16.4. The number of hydrazone groups is 1. The molecule has 6 heteroatoms. The lowest BCUT2D eigenvalue weighted by Crippen LogP contribution is -2.24. The first-order chi connectivity index (χ1) is 12.2. The Bertz CT molecular complexity index is 858. The van der Waals surface area contributed by atoms with Crippen LogP contribution in [0, 0.1) is 5.82 Å². The Morgan fingerprint density at radius 1 is 1.08 bits per heavy atom. The SMILES string of the molecule is O=C(COc1ccccc1)N/N=C\c1ccc(-c2ccc(F)cc2)o1. The van der Waals surface area contributed by atoms with E-state index < -0.39 is 0 Å². The number of amides is 1. The van der Waals surface area contributed by atoms with Crippen molar-refractivity contribution >= 4 is 12.1 Å². The summed E-state index contributed by atoms with van der Waals surface area (Å²) in [6, 6.07) is 18.4. The topological polar surface area (TPSA) is 63.8 Å². The molecule has 3 rings (SSSR count). The quantitative estimate of drug-likeness (QED) is 0.551. The molecule has 0 atom stereocenters. The Morgan fingerprint density at radius 3 is 2.60 bits per heavy atom. The van der Waals surface area contributed by atoms with E-state index in [0.29, 0.717) is 17.3 Å². The molecule has 0 saturated carbocycles. The largest absolute Gasteiger partial charge is 0.484 e. The third kappa shape index (κ3) is 4.78. The number of furan rings is 1. The Kier molecular flexibility index (Phi) is 5.21. The zero-order valence-corrected chi connectivity index (χ0v) is 13.2. The molecule has 1 amide bonds. The van der Waals surface area contributed by atoms with Gasteiger partial charge in [-0.1, -0.05) is 18.2 Å². The summed E-state index contributed by atoms with van der Waals surface area (Å²) >= 11 is 0. The minimum Gasteiger partial charge on any atom is -0.484 e. The highest BCUT2D eigenvalue weighted by Crippen LogP contribution is 2.21. The Labute approximate surface area is 143 Å². The summed E-state index contributed by atoms with van der Waals surface area (Å²) in [4.78, 5) is 11.6. The fourth-order valence-electron chi connectivity index (χ4n) is 2.06. The molecular weight excluding hydrogens is 323 g/mol. The second kappa shape index (κ2) is 7.92. The number of nitrogens with one attached hydrogen (secondary N) is 1. The van der Waals surface area contributed by atoms with E-state index >= 15 is 0 Å². The van der Waals surface area contributed by atoms with Crippen LogP contribution in [0.4, 0.5) is 4.39 Å². The predicted octanol–water partition coefficient (Wildman–Crippen LogP) is 3.61. The van der Waals surface area contributed by atoms with E-state index in [4.69, 9.17) is 9.15 Å². The van der Waals surface area contributed by atoms with Crippen LogP contribution in [-0.2, 0) is 4.79 Å². The van der Waals surface area contributed by atoms with Gasteiger partial charge in [0.25, 0.3) is 5.91 Å². The number of hydrogen-bond donors (Lipinski definition) is 1. The Balaban J connectivity index is 1.50. The lowest BCUT2D eigenvalue weighted by Gasteiger charge is -2.03. The highest BCUT2D eigenvalue weighted by atomic mass is 19.1. The molecule has 3 aromatic rings. The first-order valence-corrected chi connectivity index (χ1v) is 7.56. The minimum atomic E-state index is -0.384. The average Bonchev–Trinajstić information content (AvgIpc) is 3.10. The van der Waals surface area contributed by atoms with Crippen molar-refractivity contribution in [2.75, 3.05) is 6.61 Å². The Hall–Kier alpha value is -3.41. The molecule has 25 heavy (non-hydrogen) atoms. The molecule has 2 aromatic carbocycles. The molecule has 0 bridgehead atoms. The second-order valence-electron chi connectivity index (χ2n) is 5.10. The first-order valence-electron chi connectivity index (χ1n) is 7.56. The molecule has 0 aliphatic carbocycles. The van der Waals surface area contributed by atoms with Crippen molar-refractivity contribution in [1.82, 2.24) is 5.43 Å². The van der Waals surface area contributed by atoms with E-state index in [-0.39, 0.29) is 18.3 Å². The molecule has 0 fully saturated rings. The summed E-state index contributed by atoms with van der Waals surface area (Å²) in [6.07, 6.45) is 1.38. The van der Waals surface area contributed by atoms with Gasteiger partial charge in [0.1, 0.15) is 23.1 Å². The number of carbonyl (C=O) groups is 1. The van der Waals surface area contributed by atoms with Gasteiger partial charge >= 0.3 is 0 Å². The van der Waals surface area contributed by atoms with Crippen LogP contribution < -0.4 is 10.2 Å². The van der Waals surface area contributed by atoms with Crippen LogP contribution in [0.5, 0.6) is 5.75 Å². The number of halogens is 1. The molecule has 0 unspecified atom stereocenters. The van der Waals surface area contributed by atoms with Crippen molar-refractivity contribution in [2.45, 2.75) is 0 Å². The standard InChI is InChI=1S/C19H15FN2O3/c20-15-8-6-14(7-9-15)18-11-10-17(25-18)12-21-22-19(23)13-24-16-4-2-1-3-5-16/h1-12H,13H2,(H,22,23)/b21-12-. The minimum absolute atomic E-state index is 0.139. The highest BCUT2D eigenvalue weighted by Gasteiger charge is 2.04. The van der Waals surface area contributed by atoms with E-state index in [1.54, 1.807) is 36.4 Å². The van der Waals surface area contributed by atoms with Gasteiger partial charge in [-0.25, -0.2) is 9.82 Å². The summed E-state index contributed by atoms with van der Waals surface area (Å²) in [7, 11) is 0. The molecule has 1 N–H and O–H groups in total. The van der Waals surface area contributed by atoms with E-state index in [0.717, 1.165) is 5.56 Å². The maximum Gasteiger partial charge on any atom is 0.277 e. The lowest BCUT2D eigenvalue weighted by molar-refractivity contribution is -0.123. The maximum absolute atomic E-state index is 12.9. The fraction of sp³-hybridized carbons (Fsp3) is 0.0526. The van der Waals surface area contributed by atoms with Crippen LogP contribution in [0.3, 0.4) is 0 Å². The monoisotopic (exact) mass is 338 g/mol. The van der Waals surface area contributed by atoms with Crippen molar-refractivity contribution in [3.63, 3.8) is 0 Å². The number of nitrogens with zero attached hydrogens (tertiary/aromatic N) is 1. The van der Waals surface area contributed by atoms with Crippen molar-refractivity contribution in [2.24, 2.45) is 5.10 Å². The third-order valence-electron chi connectivity index (χ3n) is 3.25. The number of para-hydroxylation sites is 1. The highest BCUT2D eigenvalue weighted by molar-refractivity contribution is 5.81. The van der Waals surface area contributed by atoms with Gasteiger partial charge in [-0.05, 0) is 48.5 Å². The van der Waals surface area contributed by atoms with Crippen molar-refractivity contribution in [3.05, 3.63) is 78.3 Å². The molecule has 0 saturated heterocycles. The summed E-state index contributed by atoms with van der Waals surface area (Å²) in [6.45, 7) is -0.139. The van der Waals surface area contributed by atoms with Crippen LogP contribution in [0.2, 0.25) is 0 Å². The van der Waals surface area contributed by atoms with Gasteiger partial charge in [0.2, 0.25) is 0 Å². The Morgan fingerprint density at radius 2 is 1.84 bits per heavy atom. The molecular formula is C19H15FN2O3. The van der Waals surface area contributed by atoms with Gasteiger partial charge in [-0.2, -0.15) is 5.10 Å². The molecule has 0 aliphatic rings. The predicted molar refractivity (Wildman–Crippen MR) is 91.8 cm³/mol. The molecule has 1 heterocycles. The second-order valence-corrected chi connectivity index (χ2v) is 5.10. The normalized spacial score (nSPS) is 10.8. The smallest absolute Gasteiger partial charge is 0.277 e. The maximum atomic E-state index is 12.9. The van der Waals surface area contributed by atoms with Crippen LogP contribution in [-0.4, -0.2) is 18.7 Å². The number of benzene rings is 2. The van der Waals surface area contributed by atoms with Crippen LogP contribution >= 0.6 is 0 Å². The average molecular weight is 338 g/mol. The third-order valence-corrected chi connectivity index (χ3v) is 3.25. The van der Waals surface area contributed by atoms with Gasteiger partial charge in [0, 0.05) is 5.56 Å². The van der Waals surface area contributed by atoms with Crippen molar-refractivity contribution in [3.8, 4) is 17.1 Å². The van der Waals surface area contributed by atoms with Crippen molar-refractivity contribution < 1.29 is 18.3 Å². The van der Waals surface area contributed by atoms with Crippen LogP contribution in [0.25, 0.3) is 11.3 Å². The zero-order valence-electron chi connectivity index (χ0n) is 13.2. The van der Waals surface area contributed by atoms with Crippen molar-refractivity contribution in [1.29, 1.82) is 0 Å². The molecule has 0 aliphatic heterocycles. The lowest BCUT2D eigenvalue weighted by atomic mass is 10.2. The van der Waals surface area contributed by atoms with Gasteiger partial charge in [-0.3, -0.25) is 4.79 Å². The summed E-state index contributed by atoms with van der Waals surface area (Å²) in [5, 5.41) is 3.82. The zero-order chi connectivity index (χ0) is 17.5. The molecule has 0 spiro atoms. The number of carbonyl (C=O) groups excluding carboxylic acids is 1. The van der Waals surface area contributed by atoms with E-state index in [1.165, 1.54) is 18.3 Å². The van der Waals surface area contributed by atoms with Crippen LogP contribution in [0.1, 0.15) is 5.76 Å². The van der Waals surface area contributed by atoms with Gasteiger partial charge in [-0.15, -0.1) is 0 Å². The van der Waals surface area contributed by atoms with Gasteiger partial charge in [0.05, 0.1) is 6.21 Å². The molecule has 126 valence electrons. The van der Waals surface area contributed by atoms with E-state index in [1.807, 2.05) is 18.2 Å². The number of ether oxygens (including phenoxy) is 1. The molecule has 5 nitrogen and oxygen atoms in total.